The van der Waals surface area contributed by atoms with Crippen molar-refractivity contribution in [1.82, 2.24) is 10.3 Å². The fourth-order valence-electron chi connectivity index (χ4n) is 2.56. The first-order valence-corrected chi connectivity index (χ1v) is 8.77. The summed E-state index contributed by atoms with van der Waals surface area (Å²) < 4.78 is 0.984. The van der Waals surface area contributed by atoms with E-state index < -0.39 is 0 Å². The number of rotatable bonds is 4. The average molecular weight is 298 g/mol. The maximum Gasteiger partial charge on any atom is 0.230 e. The van der Waals surface area contributed by atoms with Gasteiger partial charge in [-0.15, -0.1) is 11.3 Å². The summed E-state index contributed by atoms with van der Waals surface area (Å²) in [6, 6.07) is 0.356. The monoisotopic (exact) mass is 298 g/mol. The predicted octanol–water partition coefficient (Wildman–Crippen LogP) is 3.48. The summed E-state index contributed by atoms with van der Waals surface area (Å²) in [6.45, 7) is 6.52. The molecule has 0 aromatic carbocycles. The molecule has 1 N–H and O–H groups in total. The number of carbonyl (C=O) groups is 1. The van der Waals surface area contributed by atoms with E-state index in [2.05, 4.69) is 24.1 Å². The molecule has 1 saturated carbocycles. The molecule has 0 radical (unpaired) electrons. The summed E-state index contributed by atoms with van der Waals surface area (Å²) in [5.74, 6) is 1.92. The van der Waals surface area contributed by atoms with Crippen molar-refractivity contribution in [2.75, 3.05) is 5.75 Å². The molecule has 19 heavy (non-hydrogen) atoms. The molecule has 0 saturated heterocycles. The molecule has 0 spiro atoms. The van der Waals surface area contributed by atoms with Gasteiger partial charge in [-0.05, 0) is 25.2 Å². The highest BCUT2D eigenvalue weighted by molar-refractivity contribution is 8.01. The van der Waals surface area contributed by atoms with Gasteiger partial charge < -0.3 is 5.32 Å². The molecular weight excluding hydrogens is 276 g/mol. The van der Waals surface area contributed by atoms with Crippen LogP contribution in [0.15, 0.2) is 9.72 Å². The van der Waals surface area contributed by atoms with Crippen molar-refractivity contribution in [3.8, 4) is 0 Å². The molecule has 3 nitrogen and oxygen atoms in total. The van der Waals surface area contributed by atoms with E-state index in [-0.39, 0.29) is 5.91 Å². The average Bonchev–Trinajstić information content (AvgIpc) is 2.78. The van der Waals surface area contributed by atoms with E-state index in [9.17, 15) is 4.79 Å². The maximum atomic E-state index is 12.0. The summed E-state index contributed by atoms with van der Waals surface area (Å²) in [7, 11) is 0. The van der Waals surface area contributed by atoms with Crippen LogP contribution in [0, 0.1) is 18.8 Å². The minimum absolute atomic E-state index is 0.142. The summed E-state index contributed by atoms with van der Waals surface area (Å²) in [5, 5.41) is 5.21. The molecule has 1 aromatic heterocycles. The zero-order chi connectivity index (χ0) is 13.8. The van der Waals surface area contributed by atoms with Crippen LogP contribution in [-0.2, 0) is 4.79 Å². The molecule has 1 aromatic rings. The Labute approximate surface area is 123 Å². The lowest BCUT2D eigenvalue weighted by Gasteiger charge is -2.34. The Hall–Kier alpha value is -0.550. The van der Waals surface area contributed by atoms with E-state index in [1.165, 1.54) is 24.6 Å². The van der Waals surface area contributed by atoms with Gasteiger partial charge in [0.1, 0.15) is 0 Å². The van der Waals surface area contributed by atoms with Gasteiger partial charge in [-0.2, -0.15) is 0 Å². The quantitative estimate of drug-likeness (QED) is 0.865. The number of hydrogen-bond acceptors (Lipinski definition) is 4. The molecule has 0 bridgehead atoms. The molecule has 3 unspecified atom stereocenters. The summed E-state index contributed by atoms with van der Waals surface area (Å²) in [4.78, 5) is 16.3. The first-order chi connectivity index (χ1) is 9.06. The molecule has 1 aliphatic carbocycles. The van der Waals surface area contributed by atoms with Crippen LogP contribution in [-0.4, -0.2) is 22.7 Å². The fraction of sp³-hybridized carbons (Fsp3) is 0.714. The van der Waals surface area contributed by atoms with E-state index >= 15 is 0 Å². The molecular formula is C14H22N2OS2. The van der Waals surface area contributed by atoms with Gasteiger partial charge in [-0.3, -0.25) is 4.79 Å². The lowest BCUT2D eigenvalue weighted by molar-refractivity contribution is -0.119. The van der Waals surface area contributed by atoms with Crippen LogP contribution in [0.3, 0.4) is 0 Å². The molecule has 1 aliphatic rings. The number of aromatic nitrogens is 1. The third-order valence-corrected chi connectivity index (χ3v) is 6.12. The Kier molecular flexibility index (Phi) is 5.28. The first kappa shape index (κ1) is 14.9. The zero-order valence-electron chi connectivity index (χ0n) is 11.8. The minimum Gasteiger partial charge on any atom is -0.352 e. The molecule has 5 heteroatoms. The number of thiazole rings is 1. The number of amides is 1. The normalized spacial score (nSPS) is 27.2. The van der Waals surface area contributed by atoms with Gasteiger partial charge in [0.25, 0.3) is 0 Å². The van der Waals surface area contributed by atoms with Gasteiger partial charge in [-0.1, -0.05) is 38.5 Å². The van der Waals surface area contributed by atoms with Crippen LogP contribution in [0.2, 0.25) is 0 Å². The van der Waals surface area contributed by atoms with Crippen molar-refractivity contribution in [2.24, 2.45) is 11.8 Å². The second-order valence-electron chi connectivity index (χ2n) is 5.48. The fourth-order valence-corrected chi connectivity index (χ4v) is 4.22. The van der Waals surface area contributed by atoms with Gasteiger partial charge in [0.2, 0.25) is 5.91 Å². The lowest BCUT2D eigenvalue weighted by atomic mass is 9.78. The highest BCUT2D eigenvalue weighted by Gasteiger charge is 2.27. The van der Waals surface area contributed by atoms with Gasteiger partial charge >= 0.3 is 0 Å². The zero-order valence-corrected chi connectivity index (χ0v) is 13.4. The van der Waals surface area contributed by atoms with Crippen molar-refractivity contribution in [2.45, 2.75) is 50.4 Å². The number of aryl methyl sites for hydroxylation is 1. The van der Waals surface area contributed by atoms with Gasteiger partial charge in [0.15, 0.2) is 4.34 Å². The molecule has 106 valence electrons. The van der Waals surface area contributed by atoms with Crippen LogP contribution in [0.5, 0.6) is 0 Å². The summed E-state index contributed by atoms with van der Waals surface area (Å²) in [5.41, 5.74) is 1.03. The Morgan fingerprint density at radius 2 is 2.32 bits per heavy atom. The van der Waals surface area contributed by atoms with Crippen LogP contribution in [0.4, 0.5) is 0 Å². The number of thioether (sulfide) groups is 1. The molecule has 1 heterocycles. The SMILES string of the molecule is Cc1csc(SCC(=O)NC2CCCC(C)C2C)n1. The van der Waals surface area contributed by atoms with Crippen molar-refractivity contribution < 1.29 is 4.79 Å². The Morgan fingerprint density at radius 1 is 1.53 bits per heavy atom. The number of carbonyl (C=O) groups excluding carboxylic acids is 1. The number of hydrogen-bond donors (Lipinski definition) is 1. The van der Waals surface area contributed by atoms with Gasteiger partial charge in [0, 0.05) is 17.1 Å². The summed E-state index contributed by atoms with van der Waals surface area (Å²) in [6.07, 6.45) is 3.65. The first-order valence-electron chi connectivity index (χ1n) is 6.90. The third-order valence-electron chi connectivity index (χ3n) is 3.98. The highest BCUT2D eigenvalue weighted by atomic mass is 32.2. The van der Waals surface area contributed by atoms with Crippen molar-refractivity contribution in [3.05, 3.63) is 11.1 Å². The highest BCUT2D eigenvalue weighted by Crippen LogP contribution is 2.29. The van der Waals surface area contributed by atoms with E-state index in [0.29, 0.717) is 23.6 Å². The molecule has 3 atom stereocenters. The van der Waals surface area contributed by atoms with Crippen molar-refractivity contribution >= 4 is 29.0 Å². The van der Waals surface area contributed by atoms with Crippen LogP contribution >= 0.6 is 23.1 Å². The van der Waals surface area contributed by atoms with Gasteiger partial charge in [-0.25, -0.2) is 4.98 Å². The number of nitrogens with zero attached hydrogens (tertiary/aromatic N) is 1. The molecule has 1 fully saturated rings. The minimum atomic E-state index is 0.142. The summed E-state index contributed by atoms with van der Waals surface area (Å²) >= 11 is 3.15. The van der Waals surface area contributed by atoms with Crippen LogP contribution in [0.25, 0.3) is 0 Å². The van der Waals surface area contributed by atoms with Crippen molar-refractivity contribution in [3.63, 3.8) is 0 Å². The van der Waals surface area contributed by atoms with Gasteiger partial charge in [0.05, 0.1) is 5.75 Å². The smallest absolute Gasteiger partial charge is 0.230 e. The second-order valence-corrected chi connectivity index (χ2v) is 7.57. The third kappa shape index (κ3) is 4.21. The van der Waals surface area contributed by atoms with Crippen molar-refractivity contribution in [1.29, 1.82) is 0 Å². The van der Waals surface area contributed by atoms with E-state index in [1.54, 1.807) is 11.3 Å². The van der Waals surface area contributed by atoms with Crippen LogP contribution < -0.4 is 5.32 Å². The standard InChI is InChI=1S/C14H22N2OS2/c1-9-5-4-6-12(11(9)3)16-13(17)8-19-14-15-10(2)7-18-14/h7,9,11-12H,4-6,8H2,1-3H3,(H,16,17). The van der Waals surface area contributed by atoms with E-state index in [0.717, 1.165) is 16.5 Å². The predicted molar refractivity (Wildman–Crippen MR) is 81.7 cm³/mol. The molecule has 0 aliphatic heterocycles. The topological polar surface area (TPSA) is 42.0 Å². The largest absolute Gasteiger partial charge is 0.352 e. The maximum absolute atomic E-state index is 12.0. The van der Waals surface area contributed by atoms with Crippen LogP contribution in [0.1, 0.15) is 38.8 Å². The van der Waals surface area contributed by atoms with E-state index in [4.69, 9.17) is 0 Å². The molecule has 2 rings (SSSR count). The number of nitrogens with one attached hydrogen (secondary N) is 1. The van der Waals surface area contributed by atoms with E-state index in [1.807, 2.05) is 12.3 Å². The Balaban J connectivity index is 1.77. The molecule has 1 amide bonds. The lowest BCUT2D eigenvalue weighted by Crippen LogP contribution is -2.44. The Morgan fingerprint density at radius 3 is 3.00 bits per heavy atom. The Bertz CT molecular complexity index is 433. The second kappa shape index (κ2) is 6.75.